The Morgan fingerprint density at radius 1 is 1.24 bits per heavy atom. The van der Waals surface area contributed by atoms with Gasteiger partial charge in [-0.3, -0.25) is 14.4 Å². The molecule has 0 bridgehead atoms. The van der Waals surface area contributed by atoms with E-state index in [0.717, 1.165) is 0 Å². The van der Waals surface area contributed by atoms with Crippen molar-refractivity contribution in [2.75, 3.05) is 11.9 Å². The molecule has 0 fully saturated rings. The van der Waals surface area contributed by atoms with Gasteiger partial charge in [-0.15, -0.1) is 11.3 Å². The summed E-state index contributed by atoms with van der Waals surface area (Å²) in [6.45, 7) is 1.06. The van der Waals surface area contributed by atoms with Gasteiger partial charge in [-0.25, -0.2) is 0 Å². The Labute approximate surface area is 148 Å². The zero-order valence-corrected chi connectivity index (χ0v) is 14.1. The van der Waals surface area contributed by atoms with Crippen molar-refractivity contribution in [2.24, 2.45) is 0 Å². The van der Waals surface area contributed by atoms with Crippen molar-refractivity contribution in [1.29, 1.82) is 5.26 Å². The van der Waals surface area contributed by atoms with Crippen molar-refractivity contribution in [1.82, 2.24) is 5.32 Å². The fourth-order valence-corrected chi connectivity index (χ4v) is 2.50. The summed E-state index contributed by atoms with van der Waals surface area (Å²) in [6.07, 6.45) is -1.07. The average molecular weight is 357 g/mol. The van der Waals surface area contributed by atoms with Gasteiger partial charge in [-0.2, -0.15) is 5.26 Å². The summed E-state index contributed by atoms with van der Waals surface area (Å²) in [5, 5.41) is 15.7. The number of rotatable bonds is 6. The molecule has 2 rings (SSSR count). The molecule has 1 atom stereocenters. The number of carbonyl (C=O) groups excluding carboxylic acids is 3. The molecule has 25 heavy (non-hydrogen) atoms. The minimum Gasteiger partial charge on any atom is -0.451 e. The summed E-state index contributed by atoms with van der Waals surface area (Å²) in [4.78, 5) is 36.0. The number of esters is 1. The van der Waals surface area contributed by atoms with Gasteiger partial charge in [0, 0.05) is 0 Å². The number of anilines is 1. The van der Waals surface area contributed by atoms with E-state index in [2.05, 4.69) is 10.6 Å². The Balaban J connectivity index is 1.83. The SMILES string of the molecule is C[C@@H](OC(=O)CNC(=O)c1cccs1)C(=O)Nc1ccccc1C#N. The number of hydrogen-bond donors (Lipinski definition) is 2. The highest BCUT2D eigenvalue weighted by molar-refractivity contribution is 7.12. The van der Waals surface area contributed by atoms with Crippen LogP contribution in [0.3, 0.4) is 0 Å². The maximum atomic E-state index is 12.1. The lowest BCUT2D eigenvalue weighted by atomic mass is 10.2. The van der Waals surface area contributed by atoms with E-state index < -0.39 is 18.0 Å². The Kier molecular flexibility index (Phi) is 6.26. The molecule has 0 saturated heterocycles. The molecule has 0 saturated carbocycles. The molecule has 0 aliphatic carbocycles. The minimum absolute atomic E-state index is 0.303. The molecule has 0 radical (unpaired) electrons. The van der Waals surface area contributed by atoms with Gasteiger partial charge in [-0.05, 0) is 30.5 Å². The molecule has 2 amide bonds. The van der Waals surface area contributed by atoms with Gasteiger partial charge >= 0.3 is 5.97 Å². The lowest BCUT2D eigenvalue weighted by Gasteiger charge is -2.14. The third kappa shape index (κ3) is 5.16. The van der Waals surface area contributed by atoms with Crippen LogP contribution >= 0.6 is 11.3 Å². The molecule has 0 aliphatic rings. The number of nitrogens with one attached hydrogen (secondary N) is 2. The number of amides is 2. The number of thiophene rings is 1. The van der Waals surface area contributed by atoms with Crippen LogP contribution in [0.1, 0.15) is 22.2 Å². The predicted molar refractivity (Wildman–Crippen MR) is 92.0 cm³/mol. The van der Waals surface area contributed by atoms with Crippen LogP contribution in [0.2, 0.25) is 0 Å². The number of nitrogens with zero attached hydrogens (tertiary/aromatic N) is 1. The highest BCUT2D eigenvalue weighted by atomic mass is 32.1. The van der Waals surface area contributed by atoms with Gasteiger partial charge in [0.2, 0.25) is 0 Å². The maximum Gasteiger partial charge on any atom is 0.326 e. The number of carbonyl (C=O) groups is 3. The van der Waals surface area contributed by atoms with Crippen molar-refractivity contribution < 1.29 is 19.1 Å². The molecule has 7 nitrogen and oxygen atoms in total. The second-order valence-electron chi connectivity index (χ2n) is 4.94. The first-order valence-electron chi connectivity index (χ1n) is 7.32. The van der Waals surface area contributed by atoms with E-state index in [9.17, 15) is 14.4 Å². The van der Waals surface area contributed by atoms with Gasteiger partial charge in [0.15, 0.2) is 6.10 Å². The Morgan fingerprint density at radius 2 is 2.00 bits per heavy atom. The van der Waals surface area contributed by atoms with Crippen LogP contribution in [0.15, 0.2) is 41.8 Å². The third-order valence-corrected chi connectivity index (χ3v) is 3.99. The lowest BCUT2D eigenvalue weighted by molar-refractivity contribution is -0.152. The van der Waals surface area contributed by atoms with Crippen molar-refractivity contribution in [3.63, 3.8) is 0 Å². The average Bonchev–Trinajstić information content (AvgIpc) is 3.14. The monoisotopic (exact) mass is 357 g/mol. The lowest BCUT2D eigenvalue weighted by Crippen LogP contribution is -2.35. The molecule has 0 spiro atoms. The quantitative estimate of drug-likeness (QED) is 0.768. The smallest absolute Gasteiger partial charge is 0.326 e. The topological polar surface area (TPSA) is 108 Å². The van der Waals surface area contributed by atoms with E-state index in [1.54, 1.807) is 41.8 Å². The standard InChI is InChI=1S/C17H15N3O4S/c1-11(16(22)20-13-6-3-2-5-12(13)9-18)24-15(21)10-19-17(23)14-7-4-8-25-14/h2-8,11H,10H2,1H3,(H,19,23)(H,20,22)/t11-/m1/s1. The normalized spacial score (nSPS) is 11.0. The second kappa shape index (κ2) is 8.61. The van der Waals surface area contributed by atoms with Crippen LogP contribution in [-0.2, 0) is 14.3 Å². The zero-order chi connectivity index (χ0) is 18.2. The summed E-state index contributed by atoms with van der Waals surface area (Å²) in [5.74, 6) is -1.69. The van der Waals surface area contributed by atoms with Crippen molar-refractivity contribution in [3.8, 4) is 6.07 Å². The molecular formula is C17H15N3O4S. The largest absolute Gasteiger partial charge is 0.451 e. The molecule has 8 heteroatoms. The Hall–Kier alpha value is -3.18. The highest BCUT2D eigenvalue weighted by Gasteiger charge is 2.19. The molecule has 1 heterocycles. The Morgan fingerprint density at radius 3 is 2.68 bits per heavy atom. The van der Waals surface area contributed by atoms with Crippen LogP contribution in [0, 0.1) is 11.3 Å². The summed E-state index contributed by atoms with van der Waals surface area (Å²) < 4.78 is 4.98. The van der Waals surface area contributed by atoms with E-state index in [0.29, 0.717) is 16.1 Å². The molecule has 2 N–H and O–H groups in total. The van der Waals surface area contributed by atoms with Crippen LogP contribution in [0.25, 0.3) is 0 Å². The van der Waals surface area contributed by atoms with Gasteiger partial charge in [0.1, 0.15) is 12.6 Å². The molecule has 128 valence electrons. The number of para-hydroxylation sites is 1. The van der Waals surface area contributed by atoms with Crippen molar-refractivity contribution >= 4 is 34.8 Å². The molecule has 1 aromatic carbocycles. The number of ether oxygens (including phenoxy) is 1. The minimum atomic E-state index is -1.07. The number of benzene rings is 1. The first-order valence-corrected chi connectivity index (χ1v) is 8.20. The molecule has 2 aromatic rings. The van der Waals surface area contributed by atoms with Gasteiger partial charge in [-0.1, -0.05) is 18.2 Å². The molecular weight excluding hydrogens is 342 g/mol. The molecule has 0 aliphatic heterocycles. The van der Waals surface area contributed by atoms with Crippen LogP contribution in [-0.4, -0.2) is 30.4 Å². The molecule has 1 aromatic heterocycles. The Bertz CT molecular complexity index is 812. The predicted octanol–water partition coefficient (Wildman–Crippen LogP) is 1.92. The summed E-state index contributed by atoms with van der Waals surface area (Å²) in [6, 6.07) is 11.8. The van der Waals surface area contributed by atoms with E-state index in [1.807, 2.05) is 6.07 Å². The summed E-state index contributed by atoms with van der Waals surface area (Å²) >= 11 is 1.25. The fourth-order valence-electron chi connectivity index (χ4n) is 1.86. The van der Waals surface area contributed by atoms with Gasteiger partial charge < -0.3 is 15.4 Å². The van der Waals surface area contributed by atoms with Gasteiger partial charge in [0.05, 0.1) is 16.1 Å². The summed E-state index contributed by atoms with van der Waals surface area (Å²) in [5.41, 5.74) is 0.640. The first-order chi connectivity index (χ1) is 12.0. The fraction of sp³-hybridized carbons (Fsp3) is 0.176. The van der Waals surface area contributed by atoms with Crippen LogP contribution < -0.4 is 10.6 Å². The number of nitriles is 1. The van der Waals surface area contributed by atoms with Crippen LogP contribution in [0.4, 0.5) is 5.69 Å². The zero-order valence-electron chi connectivity index (χ0n) is 13.3. The van der Waals surface area contributed by atoms with Crippen molar-refractivity contribution in [3.05, 3.63) is 52.2 Å². The van der Waals surface area contributed by atoms with Gasteiger partial charge in [0.25, 0.3) is 11.8 Å². The summed E-state index contributed by atoms with van der Waals surface area (Å²) in [7, 11) is 0. The van der Waals surface area contributed by atoms with E-state index in [-0.39, 0.29) is 12.5 Å². The maximum absolute atomic E-state index is 12.1. The van der Waals surface area contributed by atoms with Crippen LogP contribution in [0.5, 0.6) is 0 Å². The first kappa shape index (κ1) is 18.2. The number of hydrogen-bond acceptors (Lipinski definition) is 6. The van der Waals surface area contributed by atoms with E-state index in [1.165, 1.54) is 18.3 Å². The van der Waals surface area contributed by atoms with Crippen molar-refractivity contribution in [2.45, 2.75) is 13.0 Å². The molecule has 0 unspecified atom stereocenters. The highest BCUT2D eigenvalue weighted by Crippen LogP contribution is 2.14. The van der Waals surface area contributed by atoms with E-state index >= 15 is 0 Å². The van der Waals surface area contributed by atoms with E-state index in [4.69, 9.17) is 10.00 Å². The second-order valence-corrected chi connectivity index (χ2v) is 5.89. The third-order valence-electron chi connectivity index (χ3n) is 3.12.